The molecule has 0 amide bonds. The van der Waals surface area contributed by atoms with Crippen molar-refractivity contribution in [2.75, 3.05) is 19.8 Å². The average molecular weight is 609 g/mol. The number of hydrogen-bond acceptors (Lipinski definition) is 8. The van der Waals surface area contributed by atoms with Crippen LogP contribution >= 0.6 is 0 Å². The van der Waals surface area contributed by atoms with Gasteiger partial charge in [-0.25, -0.2) is 9.59 Å². The molecule has 8 heteroatoms. The molecule has 0 saturated carbocycles. The van der Waals surface area contributed by atoms with E-state index in [2.05, 4.69) is 42.2 Å². The molecule has 8 nitrogen and oxygen atoms in total. The van der Waals surface area contributed by atoms with Gasteiger partial charge in [0.25, 0.3) is 6.47 Å². The van der Waals surface area contributed by atoms with Gasteiger partial charge in [-0.05, 0) is 84.1 Å². The second kappa shape index (κ2) is 18.1. The summed E-state index contributed by atoms with van der Waals surface area (Å²) >= 11 is 0. The molecule has 0 saturated heterocycles. The van der Waals surface area contributed by atoms with E-state index in [1.165, 1.54) is 0 Å². The maximum absolute atomic E-state index is 12.5. The van der Waals surface area contributed by atoms with Crippen LogP contribution in [0.25, 0.3) is 22.3 Å². The zero-order chi connectivity index (χ0) is 32.4. The molecule has 0 radical (unpaired) electrons. The van der Waals surface area contributed by atoms with Crippen molar-refractivity contribution in [2.45, 2.75) is 20.3 Å². The minimum Gasteiger partial charge on any atom is -0.494 e. The third-order valence-electron chi connectivity index (χ3n) is 6.12. The second-order valence-corrected chi connectivity index (χ2v) is 9.55. The van der Waals surface area contributed by atoms with Crippen LogP contribution in [-0.4, -0.2) is 38.2 Å². The number of carbonyl (C=O) groups is 3. The third-order valence-corrected chi connectivity index (χ3v) is 6.12. The summed E-state index contributed by atoms with van der Waals surface area (Å²) in [4.78, 5) is 33.0. The first-order valence-electron chi connectivity index (χ1n) is 14.3. The van der Waals surface area contributed by atoms with E-state index in [-0.39, 0.29) is 13.2 Å². The van der Waals surface area contributed by atoms with E-state index in [9.17, 15) is 9.59 Å². The van der Waals surface area contributed by atoms with Gasteiger partial charge in [-0.1, -0.05) is 68.6 Å². The van der Waals surface area contributed by atoms with E-state index in [1.807, 2.05) is 43.3 Å². The predicted molar refractivity (Wildman–Crippen MR) is 173 cm³/mol. The summed E-state index contributed by atoms with van der Waals surface area (Å²) in [5.41, 5.74) is 5.02. The quantitative estimate of drug-likeness (QED) is 0.0357. The minimum absolute atomic E-state index is 0.168. The maximum Gasteiger partial charge on any atom is 0.343 e. The molecule has 4 aromatic carbocycles. The van der Waals surface area contributed by atoms with E-state index >= 15 is 0 Å². The summed E-state index contributed by atoms with van der Waals surface area (Å²) in [6.45, 7) is 11.7. The van der Waals surface area contributed by atoms with Crippen molar-refractivity contribution in [2.24, 2.45) is 0 Å². The molecule has 0 aliphatic carbocycles. The molecule has 0 N–H and O–H groups in total. The number of hydrogen-bond donors (Lipinski definition) is 0. The summed E-state index contributed by atoms with van der Waals surface area (Å²) in [5.74, 6) is 1.08. The Morgan fingerprint density at radius 3 is 1.53 bits per heavy atom. The number of rotatable bonds is 14. The maximum atomic E-state index is 12.5. The highest BCUT2D eigenvalue weighted by Gasteiger charge is 2.10. The number of benzene rings is 4. The van der Waals surface area contributed by atoms with Crippen molar-refractivity contribution in [3.63, 3.8) is 0 Å². The second-order valence-electron chi connectivity index (χ2n) is 9.55. The largest absolute Gasteiger partial charge is 0.494 e. The standard InChI is InChI=1S/C34H32O6.C3H4O2/c1-4-21-37-30-17-13-29(14-18-30)34(36)40-32-19-11-28(12-20-32)26-7-5-25(6-8-26)27-9-15-31(16-10-27)38-22-23-39-33(35)24(2)3;1-2-5-3-4/h5-20H,2,4,21-23H2,1,3H3;2-3H,1H2. The molecule has 0 aliphatic heterocycles. The Morgan fingerprint density at radius 1 is 0.667 bits per heavy atom. The van der Waals surface area contributed by atoms with Gasteiger partial charge < -0.3 is 23.7 Å². The lowest BCUT2D eigenvalue weighted by molar-refractivity contribution is -0.139. The Labute approximate surface area is 263 Å². The van der Waals surface area contributed by atoms with E-state index in [0.29, 0.717) is 35.7 Å². The molecular formula is C37H36O8. The van der Waals surface area contributed by atoms with E-state index < -0.39 is 11.9 Å². The lowest BCUT2D eigenvalue weighted by Crippen LogP contribution is -2.12. The van der Waals surface area contributed by atoms with Gasteiger partial charge in [0, 0.05) is 5.57 Å². The molecular weight excluding hydrogens is 572 g/mol. The van der Waals surface area contributed by atoms with E-state index in [4.69, 9.17) is 23.7 Å². The highest BCUT2D eigenvalue weighted by atomic mass is 16.6. The van der Waals surface area contributed by atoms with Gasteiger partial charge in [-0.3, -0.25) is 4.79 Å². The molecule has 45 heavy (non-hydrogen) atoms. The number of ether oxygens (including phenoxy) is 5. The minimum atomic E-state index is -0.419. The van der Waals surface area contributed by atoms with Crippen LogP contribution in [0, 0.1) is 0 Å². The average Bonchev–Trinajstić information content (AvgIpc) is 3.07. The fraction of sp³-hybridized carbons (Fsp3) is 0.162. The molecule has 0 fully saturated rings. The smallest absolute Gasteiger partial charge is 0.343 e. The molecule has 4 rings (SSSR count). The first kappa shape index (κ1) is 33.9. The number of carbonyl (C=O) groups excluding carboxylic acids is 3. The van der Waals surface area contributed by atoms with Gasteiger partial charge in [0.15, 0.2) is 0 Å². The van der Waals surface area contributed by atoms with Crippen molar-refractivity contribution in [3.8, 4) is 39.5 Å². The van der Waals surface area contributed by atoms with Crippen LogP contribution in [0.4, 0.5) is 0 Å². The highest BCUT2D eigenvalue weighted by molar-refractivity contribution is 5.91. The van der Waals surface area contributed by atoms with Gasteiger partial charge >= 0.3 is 11.9 Å². The lowest BCUT2D eigenvalue weighted by Gasteiger charge is -2.09. The van der Waals surface area contributed by atoms with Crippen LogP contribution in [0.3, 0.4) is 0 Å². The van der Waals surface area contributed by atoms with Crippen molar-refractivity contribution < 1.29 is 38.1 Å². The Kier molecular flexibility index (Phi) is 13.6. The van der Waals surface area contributed by atoms with Crippen molar-refractivity contribution >= 4 is 18.4 Å². The van der Waals surface area contributed by atoms with Crippen LogP contribution in [0.2, 0.25) is 0 Å². The van der Waals surface area contributed by atoms with Gasteiger partial charge in [-0.15, -0.1) is 0 Å². The molecule has 0 aromatic heterocycles. The summed E-state index contributed by atoms with van der Waals surface area (Å²) < 4.78 is 25.7. The molecule has 4 aromatic rings. The Hall–Kier alpha value is -5.63. The highest BCUT2D eigenvalue weighted by Crippen LogP contribution is 2.28. The summed E-state index contributed by atoms with van der Waals surface area (Å²) in [6.07, 6.45) is 1.99. The zero-order valence-corrected chi connectivity index (χ0v) is 25.4. The molecule has 0 bridgehead atoms. The normalized spacial score (nSPS) is 9.91. The van der Waals surface area contributed by atoms with Crippen LogP contribution in [-0.2, 0) is 19.1 Å². The van der Waals surface area contributed by atoms with Crippen molar-refractivity contribution in [1.29, 1.82) is 0 Å². The van der Waals surface area contributed by atoms with Crippen molar-refractivity contribution in [3.05, 3.63) is 128 Å². The molecule has 0 heterocycles. The topological polar surface area (TPSA) is 97.4 Å². The van der Waals surface area contributed by atoms with E-state index in [1.54, 1.807) is 43.3 Å². The predicted octanol–water partition coefficient (Wildman–Crippen LogP) is 7.83. The van der Waals surface area contributed by atoms with Crippen LogP contribution in [0.1, 0.15) is 30.6 Å². The summed E-state index contributed by atoms with van der Waals surface area (Å²) in [7, 11) is 0. The van der Waals surface area contributed by atoms with Gasteiger partial charge in [0.2, 0.25) is 0 Å². The Balaban J connectivity index is 0.00000102. The van der Waals surface area contributed by atoms with Crippen LogP contribution in [0.5, 0.6) is 17.2 Å². The van der Waals surface area contributed by atoms with Crippen molar-refractivity contribution in [1.82, 2.24) is 0 Å². The molecule has 232 valence electrons. The van der Waals surface area contributed by atoms with Crippen LogP contribution < -0.4 is 14.2 Å². The van der Waals surface area contributed by atoms with Gasteiger partial charge in [0.05, 0.1) is 18.4 Å². The first-order chi connectivity index (χ1) is 21.8. The van der Waals surface area contributed by atoms with Gasteiger partial charge in [-0.2, -0.15) is 0 Å². The lowest BCUT2D eigenvalue weighted by atomic mass is 10.0. The summed E-state index contributed by atoms with van der Waals surface area (Å²) in [5, 5.41) is 0. The third kappa shape index (κ3) is 11.2. The van der Waals surface area contributed by atoms with Gasteiger partial charge in [0.1, 0.15) is 30.5 Å². The molecule has 0 atom stereocenters. The first-order valence-corrected chi connectivity index (χ1v) is 14.3. The monoisotopic (exact) mass is 608 g/mol. The SMILES string of the molecule is C=C(C)C(=O)OCCOc1ccc(-c2ccc(-c3ccc(OC(=O)c4ccc(OCCC)cc4)cc3)cc2)cc1.C=COC=O. The zero-order valence-electron chi connectivity index (χ0n) is 25.4. The molecule has 0 spiro atoms. The fourth-order valence-corrected chi connectivity index (χ4v) is 3.84. The molecule has 0 aliphatic rings. The van der Waals surface area contributed by atoms with E-state index in [0.717, 1.165) is 40.7 Å². The fourth-order valence-electron chi connectivity index (χ4n) is 3.84. The Bertz CT molecular complexity index is 1530. The Morgan fingerprint density at radius 2 is 1.11 bits per heavy atom. The summed E-state index contributed by atoms with van der Waals surface area (Å²) in [6, 6.07) is 30.4. The van der Waals surface area contributed by atoms with Crippen LogP contribution in [0.15, 0.2) is 122 Å². The molecule has 0 unspecified atom stereocenters. The number of esters is 2.